The third-order valence-electron chi connectivity index (χ3n) is 10.6. The topological polar surface area (TPSA) is 147 Å². The van der Waals surface area contributed by atoms with Crippen LogP contribution in [0.5, 0.6) is 5.75 Å². The molecule has 1 aliphatic heterocycles. The second-order valence-electron chi connectivity index (χ2n) is 14.7. The molecule has 3 heterocycles. The van der Waals surface area contributed by atoms with Crippen LogP contribution >= 0.6 is 11.3 Å². The molecule has 300 valence electrons. The molecule has 2 fully saturated rings. The highest BCUT2D eigenvalue weighted by Gasteiger charge is 2.39. The summed E-state index contributed by atoms with van der Waals surface area (Å²) in [5.74, 6) is 0.391. The van der Waals surface area contributed by atoms with Crippen LogP contribution in [0.2, 0.25) is 0 Å². The number of rotatable bonds is 13. The molecule has 1 saturated heterocycles. The average molecular weight is 828 g/mol. The van der Waals surface area contributed by atoms with Crippen LogP contribution in [-0.2, 0) is 19.9 Å². The van der Waals surface area contributed by atoms with Gasteiger partial charge in [0.2, 0.25) is 16.0 Å². The lowest BCUT2D eigenvalue weighted by atomic mass is 9.99. The normalized spacial score (nSPS) is 22.3. The van der Waals surface area contributed by atoms with Gasteiger partial charge in [-0.25, -0.2) is 45.3 Å². The fourth-order valence-corrected chi connectivity index (χ4v) is 11.0. The van der Waals surface area contributed by atoms with Crippen LogP contribution in [0.4, 0.5) is 26.1 Å². The van der Waals surface area contributed by atoms with E-state index in [0.29, 0.717) is 53.2 Å². The molecule has 0 amide bonds. The third kappa shape index (κ3) is 9.23. The summed E-state index contributed by atoms with van der Waals surface area (Å²) in [5, 5.41) is 2.40. The summed E-state index contributed by atoms with van der Waals surface area (Å²) < 4.78 is 87.2. The molecule has 7 rings (SSSR count). The largest absolute Gasteiger partial charge is 0.494 e. The molecule has 0 radical (unpaired) electrons. The first-order chi connectivity index (χ1) is 26.8. The van der Waals surface area contributed by atoms with E-state index in [2.05, 4.69) is 24.8 Å². The number of piperazine rings is 1. The summed E-state index contributed by atoms with van der Waals surface area (Å²) >= 11 is 1.57. The van der Waals surface area contributed by atoms with E-state index < -0.39 is 43.2 Å². The lowest BCUT2D eigenvalue weighted by Gasteiger charge is -2.37. The van der Waals surface area contributed by atoms with Crippen molar-refractivity contribution in [3.05, 3.63) is 82.9 Å². The van der Waals surface area contributed by atoms with Gasteiger partial charge >= 0.3 is 0 Å². The van der Waals surface area contributed by atoms with E-state index in [9.17, 15) is 25.6 Å². The van der Waals surface area contributed by atoms with E-state index in [1.165, 1.54) is 12.3 Å². The van der Waals surface area contributed by atoms with Gasteiger partial charge < -0.3 is 15.0 Å². The maximum atomic E-state index is 14.6. The van der Waals surface area contributed by atoms with Crippen molar-refractivity contribution in [1.29, 1.82) is 0 Å². The maximum absolute atomic E-state index is 14.6. The third-order valence-corrected chi connectivity index (χ3v) is 14.5. The van der Waals surface area contributed by atoms with Crippen molar-refractivity contribution in [3.63, 3.8) is 0 Å². The Balaban J connectivity index is 1.13. The minimum atomic E-state index is -4.40. The summed E-state index contributed by atoms with van der Waals surface area (Å²) in [7, 11) is -5.80. The highest BCUT2D eigenvalue weighted by Crippen LogP contribution is 2.43. The molecule has 3 unspecified atom stereocenters. The SMILES string of the molecule is COc1cc(N2CCN(CCS(C)(=O)=O)CC2)c(C)cc1Nc1nccc(-c2sc(C3CCCC3)nc2C2=CC(NS(=O)(=O)C3C(F)=CC=CC3F)CC=C2)n1. The van der Waals surface area contributed by atoms with Crippen molar-refractivity contribution in [1.82, 2.24) is 24.6 Å². The zero-order valence-corrected chi connectivity index (χ0v) is 34.1. The van der Waals surface area contributed by atoms with E-state index in [-0.39, 0.29) is 5.75 Å². The number of halogens is 2. The molecule has 1 saturated carbocycles. The number of nitrogens with one attached hydrogen (secondary N) is 2. The first kappa shape index (κ1) is 40.2. The zero-order valence-electron chi connectivity index (χ0n) is 31.6. The molecule has 3 atom stereocenters. The molecule has 4 aliphatic rings. The van der Waals surface area contributed by atoms with E-state index in [1.807, 2.05) is 37.3 Å². The summed E-state index contributed by atoms with van der Waals surface area (Å²) in [6.07, 6.45) is 14.3. The zero-order chi connectivity index (χ0) is 39.6. The van der Waals surface area contributed by atoms with Gasteiger partial charge in [-0.05, 0) is 61.6 Å². The van der Waals surface area contributed by atoms with Crippen LogP contribution in [0.15, 0.2) is 66.7 Å². The van der Waals surface area contributed by atoms with E-state index in [4.69, 9.17) is 14.7 Å². The van der Waals surface area contributed by atoms with Crippen LogP contribution in [0.1, 0.15) is 54.3 Å². The molecular weight excluding hydrogens is 781 g/mol. The number of nitrogens with zero attached hydrogens (tertiary/aromatic N) is 5. The smallest absolute Gasteiger partial charge is 0.227 e. The molecule has 3 aliphatic carbocycles. The van der Waals surface area contributed by atoms with Gasteiger partial charge in [0.1, 0.15) is 27.6 Å². The van der Waals surface area contributed by atoms with Gasteiger partial charge in [-0.1, -0.05) is 37.1 Å². The molecule has 2 aromatic heterocycles. The maximum Gasteiger partial charge on any atom is 0.227 e. The number of anilines is 3. The van der Waals surface area contributed by atoms with Crippen molar-refractivity contribution in [2.75, 3.05) is 62.1 Å². The van der Waals surface area contributed by atoms with Crippen LogP contribution in [-0.4, -0.2) is 106 Å². The Morgan fingerprint density at radius 3 is 2.55 bits per heavy atom. The molecule has 12 nitrogen and oxygen atoms in total. The number of sulfonamides is 1. The lowest BCUT2D eigenvalue weighted by Crippen LogP contribution is -2.47. The molecule has 3 aromatic rings. The molecule has 0 spiro atoms. The summed E-state index contributed by atoms with van der Waals surface area (Å²) in [6.45, 7) is 5.61. The number of hydrogen-bond donors (Lipinski definition) is 2. The Morgan fingerprint density at radius 2 is 1.84 bits per heavy atom. The van der Waals surface area contributed by atoms with Gasteiger partial charge in [0.25, 0.3) is 0 Å². The minimum absolute atomic E-state index is 0.151. The highest BCUT2D eigenvalue weighted by molar-refractivity contribution is 7.90. The Kier molecular flexibility index (Phi) is 12.1. The summed E-state index contributed by atoms with van der Waals surface area (Å²) in [5.41, 5.74) is 4.74. The Morgan fingerprint density at radius 1 is 1.07 bits per heavy atom. The van der Waals surface area contributed by atoms with Gasteiger partial charge in [-0.2, -0.15) is 0 Å². The Labute approximate surface area is 331 Å². The number of aryl methyl sites for hydroxylation is 1. The number of sulfone groups is 1. The quantitative estimate of drug-likeness (QED) is 0.202. The Hall–Kier alpha value is -4.03. The average Bonchev–Trinajstić information content (AvgIpc) is 3.86. The highest BCUT2D eigenvalue weighted by atomic mass is 32.2. The predicted molar refractivity (Wildman–Crippen MR) is 218 cm³/mol. The summed E-state index contributed by atoms with van der Waals surface area (Å²) in [6, 6.07) is 5.09. The first-order valence-corrected chi connectivity index (χ1v) is 23.2. The van der Waals surface area contributed by atoms with E-state index in [0.717, 1.165) is 85.1 Å². The Bertz CT molecular complexity index is 2280. The number of benzene rings is 1. The van der Waals surface area contributed by atoms with Gasteiger partial charge in [0.15, 0.2) is 5.25 Å². The van der Waals surface area contributed by atoms with Crippen LogP contribution in [0, 0.1) is 6.92 Å². The first-order valence-electron chi connectivity index (χ1n) is 18.8. The van der Waals surface area contributed by atoms with Crippen molar-refractivity contribution in [3.8, 4) is 16.3 Å². The monoisotopic (exact) mass is 827 g/mol. The second kappa shape index (κ2) is 16.8. The second-order valence-corrected chi connectivity index (χ2v) is 19.9. The number of aromatic nitrogens is 3. The standard InChI is InChI=1S/C39H47F2N7O5S3/c1-25-22-32(34(53-2)24-33(25)48-18-16-47(17-19-48)20-21-55(3,49)50)44-39-42-15-14-31(43-39)36-35(45-38(54-36)26-8-4-5-9-26)27-10-6-11-28(23-27)46-56(51,52)37-29(40)12-7-13-30(37)41/h6-7,10,12-15,22-24,26,28-29,37,46H,4-5,8-9,11,16-21H2,1-3H3,(H,42,43,44). The molecule has 17 heteroatoms. The predicted octanol–water partition coefficient (Wildman–Crippen LogP) is 6.25. The molecular formula is C39H47F2N7O5S3. The number of ether oxygens (including phenoxy) is 1. The van der Waals surface area contributed by atoms with Crippen molar-refractivity contribution in [2.45, 2.75) is 62.4 Å². The molecule has 2 N–H and O–H groups in total. The van der Waals surface area contributed by atoms with Gasteiger partial charge in [0, 0.05) is 68.9 Å². The van der Waals surface area contributed by atoms with E-state index >= 15 is 0 Å². The minimum Gasteiger partial charge on any atom is -0.494 e. The number of alkyl halides is 1. The van der Waals surface area contributed by atoms with Crippen LogP contribution < -0.4 is 19.7 Å². The summed E-state index contributed by atoms with van der Waals surface area (Å²) in [4.78, 5) is 19.8. The van der Waals surface area contributed by atoms with Crippen molar-refractivity contribution < 1.29 is 30.4 Å². The van der Waals surface area contributed by atoms with Gasteiger partial charge in [0.05, 0.1) is 39.8 Å². The number of methoxy groups -OCH3 is 1. The van der Waals surface area contributed by atoms with E-state index in [1.54, 1.807) is 30.7 Å². The van der Waals surface area contributed by atoms with Crippen LogP contribution in [0.25, 0.3) is 16.1 Å². The van der Waals surface area contributed by atoms with Crippen LogP contribution in [0.3, 0.4) is 0 Å². The van der Waals surface area contributed by atoms with Gasteiger partial charge in [-0.3, -0.25) is 4.90 Å². The fourth-order valence-electron chi connectivity index (χ4n) is 7.64. The number of thiazole rings is 1. The molecule has 0 bridgehead atoms. The van der Waals surface area contributed by atoms with Crippen molar-refractivity contribution >= 4 is 54.1 Å². The number of allylic oxidation sites excluding steroid dienone is 5. The van der Waals surface area contributed by atoms with Crippen molar-refractivity contribution in [2.24, 2.45) is 0 Å². The molecule has 56 heavy (non-hydrogen) atoms. The lowest BCUT2D eigenvalue weighted by molar-refractivity contribution is 0.272. The van der Waals surface area contributed by atoms with Gasteiger partial charge in [-0.15, -0.1) is 11.3 Å². The number of hydrogen-bond acceptors (Lipinski definition) is 12. The fraction of sp³-hybridized carbons (Fsp3) is 0.462. The molecule has 1 aromatic carbocycles.